The number of nitrogens with zero attached hydrogens (tertiary/aromatic N) is 3. The predicted octanol–water partition coefficient (Wildman–Crippen LogP) is 2.24. The van der Waals surface area contributed by atoms with E-state index in [2.05, 4.69) is 0 Å². The Balaban J connectivity index is 1.65. The highest BCUT2D eigenvalue weighted by Crippen LogP contribution is 2.16. The maximum absolute atomic E-state index is 12.7. The molecule has 3 rings (SSSR count). The van der Waals surface area contributed by atoms with Gasteiger partial charge in [-0.1, -0.05) is 17.7 Å². The SMILES string of the molecule is Cc1ccc(C)c(C(=O)N2CCN(C(=O)c3ccn(C)c3)CC2)c1. The summed E-state index contributed by atoms with van der Waals surface area (Å²) in [5.41, 5.74) is 3.54. The standard InChI is InChI=1S/C19H23N3O2/c1-14-4-5-15(2)17(12-14)19(24)22-10-8-21(9-11-22)18(23)16-6-7-20(3)13-16/h4-7,12-13H,8-11H2,1-3H3. The Kier molecular flexibility index (Phi) is 4.42. The molecule has 1 fully saturated rings. The van der Waals surface area contributed by atoms with E-state index < -0.39 is 0 Å². The largest absolute Gasteiger partial charge is 0.356 e. The van der Waals surface area contributed by atoms with Gasteiger partial charge >= 0.3 is 0 Å². The highest BCUT2D eigenvalue weighted by Gasteiger charge is 2.26. The zero-order valence-corrected chi connectivity index (χ0v) is 14.5. The first-order valence-electron chi connectivity index (χ1n) is 8.23. The third-order valence-corrected chi connectivity index (χ3v) is 4.56. The normalized spacial score (nSPS) is 14.8. The highest BCUT2D eigenvalue weighted by molar-refractivity contribution is 5.97. The number of aryl methyl sites for hydroxylation is 3. The Hall–Kier alpha value is -2.56. The van der Waals surface area contributed by atoms with Crippen molar-refractivity contribution in [3.63, 3.8) is 0 Å². The van der Waals surface area contributed by atoms with Crippen LogP contribution < -0.4 is 0 Å². The van der Waals surface area contributed by atoms with Gasteiger partial charge in [0.05, 0.1) is 5.56 Å². The average Bonchev–Trinajstić information content (AvgIpc) is 3.02. The molecule has 0 radical (unpaired) electrons. The van der Waals surface area contributed by atoms with Crippen molar-refractivity contribution in [2.24, 2.45) is 7.05 Å². The van der Waals surface area contributed by atoms with Crippen molar-refractivity contribution in [2.45, 2.75) is 13.8 Å². The van der Waals surface area contributed by atoms with E-state index in [4.69, 9.17) is 0 Å². The molecule has 1 saturated heterocycles. The van der Waals surface area contributed by atoms with E-state index in [-0.39, 0.29) is 11.8 Å². The Bertz CT molecular complexity index is 771. The van der Waals surface area contributed by atoms with Gasteiger partial charge in [-0.15, -0.1) is 0 Å². The molecule has 0 atom stereocenters. The van der Waals surface area contributed by atoms with Crippen molar-refractivity contribution in [1.82, 2.24) is 14.4 Å². The fourth-order valence-corrected chi connectivity index (χ4v) is 3.06. The zero-order chi connectivity index (χ0) is 17.3. The molecule has 2 amide bonds. The van der Waals surface area contributed by atoms with Gasteiger partial charge < -0.3 is 14.4 Å². The Morgan fingerprint density at radius 1 is 0.917 bits per heavy atom. The van der Waals surface area contributed by atoms with Crippen molar-refractivity contribution >= 4 is 11.8 Å². The van der Waals surface area contributed by atoms with Gasteiger partial charge in [-0.05, 0) is 31.5 Å². The monoisotopic (exact) mass is 325 g/mol. The van der Waals surface area contributed by atoms with Crippen LogP contribution in [0.4, 0.5) is 0 Å². The first-order chi connectivity index (χ1) is 11.5. The number of rotatable bonds is 2. The molecule has 0 bridgehead atoms. The lowest BCUT2D eigenvalue weighted by Crippen LogP contribution is -2.50. The van der Waals surface area contributed by atoms with Crippen molar-refractivity contribution in [3.05, 3.63) is 58.9 Å². The Labute approximate surface area is 142 Å². The first-order valence-corrected chi connectivity index (χ1v) is 8.23. The van der Waals surface area contributed by atoms with Crippen molar-refractivity contribution in [2.75, 3.05) is 26.2 Å². The second-order valence-corrected chi connectivity index (χ2v) is 6.47. The van der Waals surface area contributed by atoms with Gasteiger partial charge in [0, 0.05) is 51.2 Å². The minimum Gasteiger partial charge on any atom is -0.356 e. The number of piperazine rings is 1. The van der Waals surface area contributed by atoms with Gasteiger partial charge in [-0.25, -0.2) is 0 Å². The van der Waals surface area contributed by atoms with E-state index in [1.54, 1.807) is 0 Å². The summed E-state index contributed by atoms with van der Waals surface area (Å²) in [6, 6.07) is 7.77. The lowest BCUT2D eigenvalue weighted by atomic mass is 10.0. The molecule has 5 nitrogen and oxygen atoms in total. The lowest BCUT2D eigenvalue weighted by molar-refractivity contribution is 0.0535. The first kappa shape index (κ1) is 16.3. The van der Waals surface area contributed by atoms with E-state index in [0.29, 0.717) is 31.7 Å². The summed E-state index contributed by atoms with van der Waals surface area (Å²) in [5.74, 6) is 0.0949. The molecule has 0 spiro atoms. The van der Waals surface area contributed by atoms with Crippen LogP contribution >= 0.6 is 0 Å². The summed E-state index contributed by atoms with van der Waals surface area (Å²) in [5, 5.41) is 0. The Morgan fingerprint density at radius 3 is 2.12 bits per heavy atom. The number of hydrogen-bond donors (Lipinski definition) is 0. The summed E-state index contributed by atoms with van der Waals surface area (Å²) >= 11 is 0. The molecule has 2 aromatic rings. The minimum absolute atomic E-state index is 0.0365. The van der Waals surface area contributed by atoms with Gasteiger partial charge in [-0.3, -0.25) is 9.59 Å². The van der Waals surface area contributed by atoms with Gasteiger partial charge in [0.15, 0.2) is 0 Å². The van der Waals surface area contributed by atoms with Gasteiger partial charge in [-0.2, -0.15) is 0 Å². The lowest BCUT2D eigenvalue weighted by Gasteiger charge is -2.35. The van der Waals surface area contributed by atoms with Crippen LogP contribution in [0.25, 0.3) is 0 Å². The van der Waals surface area contributed by atoms with Crippen LogP contribution in [0.5, 0.6) is 0 Å². The van der Waals surface area contributed by atoms with Crippen LogP contribution in [0.15, 0.2) is 36.7 Å². The second-order valence-electron chi connectivity index (χ2n) is 6.47. The number of hydrogen-bond acceptors (Lipinski definition) is 2. The topological polar surface area (TPSA) is 45.6 Å². The van der Waals surface area contributed by atoms with Gasteiger partial charge in [0.1, 0.15) is 0 Å². The van der Waals surface area contributed by atoms with Crippen molar-refractivity contribution in [1.29, 1.82) is 0 Å². The molecule has 2 heterocycles. The average molecular weight is 325 g/mol. The fourth-order valence-electron chi connectivity index (χ4n) is 3.06. The van der Waals surface area contributed by atoms with E-state index in [9.17, 15) is 9.59 Å². The number of aromatic nitrogens is 1. The number of benzene rings is 1. The van der Waals surface area contributed by atoms with Crippen LogP contribution in [-0.4, -0.2) is 52.4 Å². The van der Waals surface area contributed by atoms with Crippen molar-refractivity contribution < 1.29 is 9.59 Å². The molecule has 0 aliphatic carbocycles. The number of carbonyl (C=O) groups is 2. The van der Waals surface area contributed by atoms with Crippen molar-refractivity contribution in [3.8, 4) is 0 Å². The summed E-state index contributed by atoms with van der Waals surface area (Å²) in [6.45, 7) is 6.25. The molecular formula is C19H23N3O2. The quantitative estimate of drug-likeness (QED) is 0.850. The van der Waals surface area contributed by atoms with E-state index in [1.165, 1.54) is 0 Å². The summed E-state index contributed by atoms with van der Waals surface area (Å²) < 4.78 is 1.87. The number of amides is 2. The van der Waals surface area contributed by atoms with Gasteiger partial charge in [0.2, 0.25) is 0 Å². The molecular weight excluding hydrogens is 302 g/mol. The third kappa shape index (κ3) is 3.20. The van der Waals surface area contributed by atoms with E-state index in [1.807, 2.05) is 71.9 Å². The molecule has 1 aromatic heterocycles. The van der Waals surface area contributed by atoms with Crippen LogP contribution in [0.3, 0.4) is 0 Å². The summed E-state index contributed by atoms with van der Waals surface area (Å²) in [4.78, 5) is 28.9. The molecule has 24 heavy (non-hydrogen) atoms. The summed E-state index contributed by atoms with van der Waals surface area (Å²) in [7, 11) is 1.90. The van der Waals surface area contributed by atoms with Crippen LogP contribution in [0.1, 0.15) is 31.8 Å². The molecule has 1 aliphatic rings. The maximum Gasteiger partial charge on any atom is 0.255 e. The van der Waals surface area contributed by atoms with Crippen LogP contribution in [0, 0.1) is 13.8 Å². The third-order valence-electron chi connectivity index (χ3n) is 4.56. The number of carbonyl (C=O) groups excluding carboxylic acids is 2. The summed E-state index contributed by atoms with van der Waals surface area (Å²) in [6.07, 6.45) is 3.70. The van der Waals surface area contributed by atoms with Gasteiger partial charge in [0.25, 0.3) is 11.8 Å². The van der Waals surface area contributed by atoms with E-state index in [0.717, 1.165) is 16.7 Å². The smallest absolute Gasteiger partial charge is 0.255 e. The maximum atomic E-state index is 12.7. The molecule has 1 aromatic carbocycles. The van der Waals surface area contributed by atoms with Crippen LogP contribution in [-0.2, 0) is 7.05 Å². The molecule has 126 valence electrons. The van der Waals surface area contributed by atoms with E-state index >= 15 is 0 Å². The second kappa shape index (κ2) is 6.51. The molecule has 5 heteroatoms. The highest BCUT2D eigenvalue weighted by atomic mass is 16.2. The zero-order valence-electron chi connectivity index (χ0n) is 14.5. The molecule has 0 saturated carbocycles. The predicted molar refractivity (Wildman–Crippen MR) is 93.1 cm³/mol. The molecule has 0 N–H and O–H groups in total. The fraction of sp³-hybridized carbons (Fsp3) is 0.368. The Morgan fingerprint density at radius 2 is 1.54 bits per heavy atom. The van der Waals surface area contributed by atoms with Crippen LogP contribution in [0.2, 0.25) is 0 Å². The minimum atomic E-state index is 0.0365. The molecule has 0 unspecified atom stereocenters. The molecule has 1 aliphatic heterocycles.